The lowest BCUT2D eigenvalue weighted by Gasteiger charge is -2.41. The van der Waals surface area contributed by atoms with Gasteiger partial charge in [0.25, 0.3) is 0 Å². The number of nitrogens with zero attached hydrogens (tertiary/aromatic N) is 2. The number of hydrogen-bond donors (Lipinski definition) is 2. The number of nitrogens with two attached hydrogens (primary N) is 1. The fraction of sp³-hybridized carbons (Fsp3) is 0.440. The molecule has 0 saturated carbocycles. The monoisotopic (exact) mass is 509 g/mol. The van der Waals surface area contributed by atoms with Crippen molar-refractivity contribution < 1.29 is 27.8 Å². The molecule has 1 saturated heterocycles. The Morgan fingerprint density at radius 1 is 1.29 bits per heavy atom. The number of ether oxygens (including phenoxy) is 1. The van der Waals surface area contributed by atoms with Crippen LogP contribution in [0.25, 0.3) is 11.1 Å². The quantitative estimate of drug-likeness (QED) is 0.611. The van der Waals surface area contributed by atoms with Gasteiger partial charge in [-0.15, -0.1) is 0 Å². The molecule has 10 heteroatoms. The summed E-state index contributed by atoms with van der Waals surface area (Å²) in [5.41, 5.74) is 6.34. The summed E-state index contributed by atoms with van der Waals surface area (Å²) in [5.74, 6) is -0.0597. The summed E-state index contributed by atoms with van der Waals surface area (Å²) in [6.45, 7) is 4.25. The molecule has 6 nitrogen and oxygen atoms in total. The zero-order valence-corrected chi connectivity index (χ0v) is 20.1. The first-order valence-corrected chi connectivity index (χ1v) is 11.7. The number of amides is 1. The molecule has 188 valence electrons. The van der Waals surface area contributed by atoms with Crippen LogP contribution in [0.15, 0.2) is 47.5 Å². The summed E-state index contributed by atoms with van der Waals surface area (Å²) in [6, 6.07) is 10.5. The van der Waals surface area contributed by atoms with Gasteiger partial charge >= 0.3 is 6.18 Å². The van der Waals surface area contributed by atoms with E-state index in [9.17, 15) is 23.1 Å². The molecule has 4 atom stereocenters. The van der Waals surface area contributed by atoms with Crippen LogP contribution in [-0.4, -0.2) is 46.8 Å². The van der Waals surface area contributed by atoms with Gasteiger partial charge in [-0.25, -0.2) is 4.99 Å². The van der Waals surface area contributed by atoms with Crippen LogP contribution in [0.4, 0.5) is 13.2 Å². The molecule has 4 rings (SSSR count). The van der Waals surface area contributed by atoms with Crippen LogP contribution in [0, 0.1) is 0 Å². The van der Waals surface area contributed by atoms with E-state index in [0.717, 1.165) is 0 Å². The number of rotatable bonds is 4. The van der Waals surface area contributed by atoms with Crippen LogP contribution in [0.2, 0.25) is 5.02 Å². The Labute approximate surface area is 206 Å². The predicted octanol–water partition coefficient (Wildman–Crippen LogP) is 4.93. The van der Waals surface area contributed by atoms with Crippen molar-refractivity contribution in [2.75, 3.05) is 6.61 Å². The molecular formula is C25H27ClF3N3O3. The molecule has 2 aliphatic heterocycles. The molecule has 1 amide bonds. The molecule has 2 heterocycles. The third-order valence-corrected chi connectivity index (χ3v) is 7.00. The van der Waals surface area contributed by atoms with Gasteiger partial charge in [0.05, 0.1) is 23.1 Å². The average Bonchev–Trinajstić information content (AvgIpc) is 2.77. The summed E-state index contributed by atoms with van der Waals surface area (Å²) in [6.07, 6.45) is -6.02. The van der Waals surface area contributed by atoms with Gasteiger partial charge in [-0.1, -0.05) is 48.0 Å². The Balaban J connectivity index is 1.69. The number of aliphatic hydroxyl groups excluding tert-OH is 1. The minimum absolute atomic E-state index is 0.0143. The predicted molar refractivity (Wildman–Crippen MR) is 127 cm³/mol. The van der Waals surface area contributed by atoms with Crippen molar-refractivity contribution in [3.8, 4) is 11.1 Å². The fourth-order valence-corrected chi connectivity index (χ4v) is 5.28. The fourth-order valence-electron chi connectivity index (χ4n) is 4.84. The standard InChI is InChI=1S/C25H27ClF3N3O3/c1-14-11-17(9-10-35-14)32-20(33)13-24(2,31-23(32)30)19-8-4-7-18(21(19)26)15-5-3-6-16(12-15)22(34)25(27,28)29/h3-8,12,14,17,22,34H,9-11,13H2,1-2H3,(H2,30,31)/t14-,17-,22-,24-/m0/s1. The van der Waals surface area contributed by atoms with Gasteiger partial charge < -0.3 is 15.6 Å². The van der Waals surface area contributed by atoms with E-state index in [2.05, 4.69) is 4.99 Å². The summed E-state index contributed by atoms with van der Waals surface area (Å²) in [5, 5.41) is 9.92. The topological polar surface area (TPSA) is 88.2 Å². The molecule has 3 N–H and O–H groups in total. The third-order valence-electron chi connectivity index (χ3n) is 6.60. The van der Waals surface area contributed by atoms with Crippen molar-refractivity contribution >= 4 is 23.5 Å². The number of guanidine groups is 1. The number of carbonyl (C=O) groups excluding carboxylic acids is 1. The molecule has 0 bridgehead atoms. The van der Waals surface area contributed by atoms with E-state index in [0.29, 0.717) is 36.1 Å². The van der Waals surface area contributed by atoms with Crippen molar-refractivity contribution in [3.63, 3.8) is 0 Å². The third kappa shape index (κ3) is 5.03. The first kappa shape index (κ1) is 25.5. The highest BCUT2D eigenvalue weighted by Crippen LogP contribution is 2.43. The second-order valence-corrected chi connectivity index (χ2v) is 9.66. The summed E-state index contributed by atoms with van der Waals surface area (Å²) in [4.78, 5) is 19.4. The van der Waals surface area contributed by atoms with Crippen LogP contribution >= 0.6 is 11.6 Å². The van der Waals surface area contributed by atoms with Crippen molar-refractivity contribution in [1.82, 2.24) is 4.90 Å². The largest absolute Gasteiger partial charge is 0.418 e. The van der Waals surface area contributed by atoms with E-state index in [1.807, 2.05) is 6.92 Å². The van der Waals surface area contributed by atoms with Crippen molar-refractivity contribution in [1.29, 1.82) is 0 Å². The molecule has 0 spiro atoms. The maximum Gasteiger partial charge on any atom is 0.418 e. The van der Waals surface area contributed by atoms with Crippen molar-refractivity contribution in [2.24, 2.45) is 10.7 Å². The van der Waals surface area contributed by atoms with E-state index in [-0.39, 0.29) is 41.0 Å². The van der Waals surface area contributed by atoms with Crippen LogP contribution < -0.4 is 5.73 Å². The van der Waals surface area contributed by atoms with E-state index in [4.69, 9.17) is 22.1 Å². The lowest BCUT2D eigenvalue weighted by atomic mass is 9.85. The molecule has 0 aliphatic carbocycles. The average molecular weight is 510 g/mol. The lowest BCUT2D eigenvalue weighted by molar-refractivity contribution is -0.206. The van der Waals surface area contributed by atoms with Crippen LogP contribution in [0.3, 0.4) is 0 Å². The van der Waals surface area contributed by atoms with Crippen LogP contribution in [-0.2, 0) is 15.1 Å². The molecule has 2 aromatic carbocycles. The highest BCUT2D eigenvalue weighted by Gasteiger charge is 2.42. The first-order chi connectivity index (χ1) is 16.4. The number of aliphatic imine (C=N–C) groups is 1. The van der Waals surface area contributed by atoms with E-state index >= 15 is 0 Å². The Bertz CT molecular complexity index is 1160. The Hall–Kier alpha value is -2.62. The number of benzene rings is 2. The zero-order valence-electron chi connectivity index (χ0n) is 19.3. The van der Waals surface area contributed by atoms with E-state index < -0.39 is 17.8 Å². The van der Waals surface area contributed by atoms with Gasteiger partial charge in [-0.2, -0.15) is 13.2 Å². The second kappa shape index (κ2) is 9.44. The minimum atomic E-state index is -4.79. The van der Waals surface area contributed by atoms with Crippen LogP contribution in [0.1, 0.15) is 50.3 Å². The number of aliphatic hydroxyl groups is 1. The number of alkyl halides is 3. The number of halogens is 4. The van der Waals surface area contributed by atoms with Gasteiger partial charge in [-0.05, 0) is 49.4 Å². The van der Waals surface area contributed by atoms with E-state index in [1.165, 1.54) is 18.2 Å². The molecule has 2 aliphatic rings. The maximum absolute atomic E-state index is 13.2. The van der Waals surface area contributed by atoms with Gasteiger partial charge in [-0.3, -0.25) is 9.69 Å². The molecular weight excluding hydrogens is 483 g/mol. The Morgan fingerprint density at radius 3 is 2.66 bits per heavy atom. The molecule has 1 fully saturated rings. The SMILES string of the molecule is C[C@H]1C[C@@H](N2C(=O)C[C@@](C)(c3cccc(-c4cccc([C@H](O)C(F)(F)F)c4)c3Cl)N=C2N)CCO1. The van der Waals surface area contributed by atoms with Gasteiger partial charge in [0.2, 0.25) is 5.91 Å². The Kier molecular flexibility index (Phi) is 6.87. The molecule has 0 unspecified atom stereocenters. The van der Waals surface area contributed by atoms with Crippen molar-refractivity contribution in [2.45, 2.75) is 63.1 Å². The summed E-state index contributed by atoms with van der Waals surface area (Å²) < 4.78 is 44.6. The maximum atomic E-state index is 13.2. The van der Waals surface area contributed by atoms with Crippen LogP contribution in [0.5, 0.6) is 0 Å². The molecule has 0 radical (unpaired) electrons. The van der Waals surface area contributed by atoms with Gasteiger partial charge in [0, 0.05) is 18.2 Å². The minimum Gasteiger partial charge on any atom is -0.379 e. The zero-order chi connectivity index (χ0) is 25.5. The number of carbonyl (C=O) groups is 1. The highest BCUT2D eigenvalue weighted by molar-refractivity contribution is 6.34. The van der Waals surface area contributed by atoms with Crippen molar-refractivity contribution in [3.05, 3.63) is 58.6 Å². The highest BCUT2D eigenvalue weighted by atomic mass is 35.5. The summed E-state index contributed by atoms with van der Waals surface area (Å²) >= 11 is 6.75. The smallest absolute Gasteiger partial charge is 0.379 e. The normalized spacial score (nSPS) is 26.4. The first-order valence-electron chi connectivity index (χ1n) is 11.3. The molecule has 2 aromatic rings. The summed E-state index contributed by atoms with van der Waals surface area (Å²) in [7, 11) is 0. The second-order valence-electron chi connectivity index (χ2n) is 9.28. The molecule has 35 heavy (non-hydrogen) atoms. The number of hydrogen-bond acceptors (Lipinski definition) is 5. The van der Waals surface area contributed by atoms with Gasteiger partial charge in [0.15, 0.2) is 12.1 Å². The lowest BCUT2D eigenvalue weighted by Crippen LogP contribution is -2.56. The Morgan fingerprint density at radius 2 is 2.00 bits per heavy atom. The van der Waals surface area contributed by atoms with E-state index in [1.54, 1.807) is 36.1 Å². The molecule has 0 aromatic heterocycles. The van der Waals surface area contributed by atoms with Gasteiger partial charge in [0.1, 0.15) is 0 Å².